The minimum atomic E-state index is -0.403. The molecule has 7 nitrogen and oxygen atoms in total. The maximum Gasteiger partial charge on any atom is 0.220 e. The fourth-order valence-corrected chi connectivity index (χ4v) is 3.60. The van der Waals surface area contributed by atoms with E-state index in [-0.39, 0.29) is 24.1 Å². The highest BCUT2D eigenvalue weighted by Gasteiger charge is 2.32. The molecule has 0 spiro atoms. The topological polar surface area (TPSA) is 95.9 Å². The number of anilines is 1. The van der Waals surface area contributed by atoms with Crippen molar-refractivity contribution in [2.24, 2.45) is 0 Å². The van der Waals surface area contributed by atoms with Gasteiger partial charge in [-0.1, -0.05) is 0 Å². The molecule has 2 heterocycles. The highest BCUT2D eigenvalue weighted by Crippen LogP contribution is 2.34. The van der Waals surface area contributed by atoms with Crippen LogP contribution in [-0.2, 0) is 6.42 Å². The maximum absolute atomic E-state index is 14.4. The van der Waals surface area contributed by atoms with E-state index in [1.165, 1.54) is 13.2 Å². The Bertz CT molecular complexity index is 1050. The van der Waals surface area contributed by atoms with Gasteiger partial charge in [-0.2, -0.15) is 0 Å². The molecule has 4 rings (SSSR count). The molecule has 0 amide bonds. The Morgan fingerprint density at radius 1 is 1.30 bits per heavy atom. The normalized spacial score (nSPS) is 16.3. The monoisotopic (exact) mass is 367 g/mol. The van der Waals surface area contributed by atoms with E-state index < -0.39 is 5.82 Å². The van der Waals surface area contributed by atoms with Gasteiger partial charge in [0.25, 0.3) is 0 Å². The fraction of sp³-hybridized carbons (Fsp3) is 0.263. The molecule has 1 atom stereocenters. The second-order valence-corrected chi connectivity index (χ2v) is 6.49. The molecular weight excluding hydrogens is 349 g/mol. The molecule has 0 aliphatic heterocycles. The molecule has 1 aliphatic carbocycles. The molecule has 138 valence electrons. The number of aryl methyl sites for hydroxylation is 1. The molecule has 0 bridgehead atoms. The first kappa shape index (κ1) is 17.1. The number of methoxy groups -OCH3 is 1. The Labute approximate surface area is 155 Å². The van der Waals surface area contributed by atoms with Gasteiger partial charge >= 0.3 is 0 Å². The Morgan fingerprint density at radius 2 is 2.11 bits per heavy atom. The Balaban J connectivity index is 1.77. The number of nitrogens with zero attached hydrogens (tertiary/aromatic N) is 4. The summed E-state index contributed by atoms with van der Waals surface area (Å²) in [6, 6.07) is 4.50. The average Bonchev–Trinajstić information content (AvgIpc) is 3.10. The molecule has 1 aromatic carbocycles. The summed E-state index contributed by atoms with van der Waals surface area (Å²) in [4.78, 5) is 25.4. The number of Topliss-reactive ketones (excluding diaryl/α,β-unsaturated/α-hetero) is 1. The number of halogens is 1. The maximum atomic E-state index is 14.4. The molecule has 1 aliphatic rings. The van der Waals surface area contributed by atoms with Crippen molar-refractivity contribution in [2.75, 3.05) is 12.8 Å². The fourth-order valence-electron chi connectivity index (χ4n) is 3.60. The summed E-state index contributed by atoms with van der Waals surface area (Å²) in [6.07, 6.45) is 4.00. The molecule has 8 heteroatoms. The van der Waals surface area contributed by atoms with E-state index in [9.17, 15) is 9.18 Å². The second kappa shape index (κ2) is 6.46. The van der Waals surface area contributed by atoms with Crippen molar-refractivity contribution in [3.05, 3.63) is 59.2 Å². The summed E-state index contributed by atoms with van der Waals surface area (Å²) in [5.41, 5.74) is 7.80. The van der Waals surface area contributed by atoms with Crippen LogP contribution in [0.4, 0.5) is 10.3 Å². The minimum Gasteiger partial charge on any atom is -0.497 e. The number of imidazole rings is 1. The number of carbonyl (C=O) groups excluding carboxylic acids is 1. The zero-order valence-corrected chi connectivity index (χ0v) is 14.9. The number of ketones is 1. The molecule has 2 N–H and O–H groups in total. The van der Waals surface area contributed by atoms with Gasteiger partial charge in [0.05, 0.1) is 29.7 Å². The van der Waals surface area contributed by atoms with Crippen molar-refractivity contribution in [2.45, 2.75) is 25.7 Å². The molecule has 2 aromatic heterocycles. The number of fused-ring (bicyclic) bond motifs is 1. The van der Waals surface area contributed by atoms with Crippen LogP contribution in [0.25, 0.3) is 5.69 Å². The number of nitrogen functional groups attached to an aromatic ring is 1. The molecule has 0 saturated carbocycles. The van der Waals surface area contributed by atoms with Crippen LogP contribution in [-0.4, -0.2) is 32.4 Å². The van der Waals surface area contributed by atoms with E-state index in [1.54, 1.807) is 36.0 Å². The number of nitrogens with two attached hydrogens (primary N) is 1. The van der Waals surface area contributed by atoms with Gasteiger partial charge in [0.1, 0.15) is 17.4 Å². The van der Waals surface area contributed by atoms with Crippen molar-refractivity contribution in [3.8, 4) is 11.4 Å². The Kier molecular flexibility index (Phi) is 4.10. The van der Waals surface area contributed by atoms with Crippen LogP contribution >= 0.6 is 0 Å². The first-order valence-corrected chi connectivity index (χ1v) is 8.51. The van der Waals surface area contributed by atoms with Crippen molar-refractivity contribution in [1.82, 2.24) is 19.5 Å². The zero-order valence-electron chi connectivity index (χ0n) is 14.9. The average molecular weight is 367 g/mol. The summed E-state index contributed by atoms with van der Waals surface area (Å²) >= 11 is 0. The number of carbonyl (C=O) groups is 1. The predicted octanol–water partition coefficient (Wildman–Crippen LogP) is 2.61. The van der Waals surface area contributed by atoms with Gasteiger partial charge in [-0.3, -0.25) is 4.79 Å². The van der Waals surface area contributed by atoms with Crippen molar-refractivity contribution in [1.29, 1.82) is 0 Å². The third-order valence-corrected chi connectivity index (χ3v) is 4.78. The summed E-state index contributed by atoms with van der Waals surface area (Å²) in [7, 11) is 1.52. The predicted molar refractivity (Wildman–Crippen MR) is 96.6 cm³/mol. The van der Waals surface area contributed by atoms with Crippen molar-refractivity contribution < 1.29 is 13.9 Å². The minimum absolute atomic E-state index is 0.0561. The summed E-state index contributed by atoms with van der Waals surface area (Å²) in [6.45, 7) is 1.75. The third-order valence-electron chi connectivity index (χ3n) is 4.78. The number of ether oxygens (including phenoxy) is 1. The van der Waals surface area contributed by atoms with Crippen molar-refractivity contribution >= 4 is 11.7 Å². The summed E-state index contributed by atoms with van der Waals surface area (Å²) in [5, 5.41) is 0. The zero-order chi connectivity index (χ0) is 19.1. The number of rotatable bonds is 3. The van der Waals surface area contributed by atoms with Crippen LogP contribution in [0.5, 0.6) is 5.75 Å². The van der Waals surface area contributed by atoms with Gasteiger partial charge in [0.2, 0.25) is 5.95 Å². The molecule has 0 radical (unpaired) electrons. The lowest BCUT2D eigenvalue weighted by Crippen LogP contribution is -2.24. The number of hydrogen-bond acceptors (Lipinski definition) is 6. The van der Waals surface area contributed by atoms with E-state index in [0.29, 0.717) is 40.6 Å². The first-order valence-electron chi connectivity index (χ1n) is 8.51. The quantitative estimate of drug-likeness (QED) is 0.764. The molecule has 0 saturated heterocycles. The van der Waals surface area contributed by atoms with Crippen LogP contribution in [0.1, 0.15) is 39.9 Å². The molecule has 27 heavy (non-hydrogen) atoms. The lowest BCUT2D eigenvalue weighted by Gasteiger charge is -2.24. The molecule has 1 unspecified atom stereocenters. The molecular formula is C19H18FN5O2. The van der Waals surface area contributed by atoms with Crippen LogP contribution < -0.4 is 10.5 Å². The van der Waals surface area contributed by atoms with Gasteiger partial charge in [-0.15, -0.1) is 0 Å². The standard InChI is InChI=1S/C19H18FN5O2/c1-10-17-14(24-19(21)23-10)7-11(8-16(17)26)18-22-5-6-25(18)15-9-12(27-2)3-4-13(15)20/h3-6,9,11H,7-8H2,1-2H3,(H2,21,23,24). The van der Waals surface area contributed by atoms with Crippen LogP contribution in [0.2, 0.25) is 0 Å². The van der Waals surface area contributed by atoms with Crippen LogP contribution in [0.15, 0.2) is 30.6 Å². The Hall–Kier alpha value is -3.29. The van der Waals surface area contributed by atoms with Crippen molar-refractivity contribution in [3.63, 3.8) is 0 Å². The van der Waals surface area contributed by atoms with Gasteiger partial charge in [-0.25, -0.2) is 19.3 Å². The lowest BCUT2D eigenvalue weighted by molar-refractivity contribution is 0.0960. The smallest absolute Gasteiger partial charge is 0.220 e. The van der Waals surface area contributed by atoms with E-state index >= 15 is 0 Å². The number of hydrogen-bond donors (Lipinski definition) is 1. The SMILES string of the molecule is COc1ccc(F)c(-n2ccnc2C2CC(=O)c3c(C)nc(N)nc3C2)c1. The largest absolute Gasteiger partial charge is 0.497 e. The van der Waals surface area contributed by atoms with Crippen LogP contribution in [0.3, 0.4) is 0 Å². The summed E-state index contributed by atoms with van der Waals surface area (Å²) in [5.74, 6) is 0.573. The van der Waals surface area contributed by atoms with Gasteiger partial charge < -0.3 is 15.0 Å². The third kappa shape index (κ3) is 2.92. The second-order valence-electron chi connectivity index (χ2n) is 6.49. The van der Waals surface area contributed by atoms with E-state index in [1.807, 2.05) is 0 Å². The van der Waals surface area contributed by atoms with E-state index in [2.05, 4.69) is 15.0 Å². The van der Waals surface area contributed by atoms with Gasteiger partial charge in [0, 0.05) is 37.2 Å². The Morgan fingerprint density at radius 3 is 2.89 bits per heavy atom. The van der Waals surface area contributed by atoms with Gasteiger partial charge in [-0.05, 0) is 19.1 Å². The lowest BCUT2D eigenvalue weighted by atomic mass is 9.84. The molecule has 3 aromatic rings. The van der Waals surface area contributed by atoms with E-state index in [4.69, 9.17) is 10.5 Å². The highest BCUT2D eigenvalue weighted by atomic mass is 19.1. The van der Waals surface area contributed by atoms with Gasteiger partial charge in [0.15, 0.2) is 5.78 Å². The molecule has 0 fully saturated rings. The number of aromatic nitrogens is 4. The van der Waals surface area contributed by atoms with Crippen LogP contribution in [0, 0.1) is 12.7 Å². The van der Waals surface area contributed by atoms with E-state index in [0.717, 1.165) is 0 Å². The summed E-state index contributed by atoms with van der Waals surface area (Å²) < 4.78 is 21.3. The first-order chi connectivity index (χ1) is 13.0. The highest BCUT2D eigenvalue weighted by molar-refractivity contribution is 5.99. The number of benzene rings is 1.